The van der Waals surface area contributed by atoms with E-state index < -0.39 is 0 Å². The normalized spacial score (nSPS) is 18.9. The Hall–Kier alpha value is -1.19. The molecule has 0 aliphatic heterocycles. The van der Waals surface area contributed by atoms with Crippen molar-refractivity contribution in [1.29, 1.82) is 0 Å². The second-order valence-electron chi connectivity index (χ2n) is 3.42. The molecule has 1 heterocycles. The van der Waals surface area contributed by atoms with Gasteiger partial charge in [0.2, 0.25) is 0 Å². The van der Waals surface area contributed by atoms with Gasteiger partial charge in [0, 0.05) is 0 Å². The van der Waals surface area contributed by atoms with E-state index in [-0.39, 0.29) is 0 Å². The second-order valence-corrected chi connectivity index (χ2v) is 3.42. The molecule has 13 heavy (non-hydrogen) atoms. The molecule has 0 saturated heterocycles. The number of rotatable bonds is 1. The average Bonchev–Trinajstić information content (AvgIpc) is 2.55. The van der Waals surface area contributed by atoms with Gasteiger partial charge < -0.3 is 0 Å². The number of nitrogens with zero attached hydrogens (tertiary/aromatic N) is 3. The zero-order chi connectivity index (χ0) is 8.93. The van der Waals surface area contributed by atoms with Crippen LogP contribution in [0.4, 0.5) is 0 Å². The third kappa shape index (κ3) is 2.14. The van der Waals surface area contributed by atoms with Crippen LogP contribution in [0.15, 0.2) is 6.08 Å². The molecule has 1 aromatic heterocycles. The van der Waals surface area contributed by atoms with Crippen LogP contribution in [-0.2, 0) is 0 Å². The Morgan fingerprint density at radius 2 is 2.08 bits per heavy atom. The number of tetrazole rings is 1. The van der Waals surface area contributed by atoms with Crippen LogP contribution in [0.5, 0.6) is 0 Å². The summed E-state index contributed by atoms with van der Waals surface area (Å²) < 4.78 is 0. The van der Waals surface area contributed by atoms with Crippen molar-refractivity contribution in [2.75, 3.05) is 0 Å². The van der Waals surface area contributed by atoms with E-state index in [0.29, 0.717) is 0 Å². The first-order chi connectivity index (χ1) is 6.47. The fourth-order valence-corrected chi connectivity index (χ4v) is 1.69. The lowest BCUT2D eigenvalue weighted by Gasteiger charge is -2.07. The van der Waals surface area contributed by atoms with Crippen molar-refractivity contribution in [3.63, 3.8) is 0 Å². The van der Waals surface area contributed by atoms with Crippen molar-refractivity contribution in [3.8, 4) is 0 Å². The van der Waals surface area contributed by atoms with Crippen molar-refractivity contribution in [3.05, 3.63) is 11.9 Å². The molecule has 0 spiro atoms. The third-order valence-corrected chi connectivity index (χ3v) is 2.42. The highest BCUT2D eigenvalue weighted by atomic mass is 15.5. The minimum atomic E-state index is 0.780. The van der Waals surface area contributed by atoms with Gasteiger partial charge in [0.25, 0.3) is 0 Å². The first-order valence-electron chi connectivity index (χ1n) is 4.89. The molecule has 1 aliphatic carbocycles. The predicted molar refractivity (Wildman–Crippen MR) is 49.9 cm³/mol. The smallest absolute Gasteiger partial charge is 0.177 e. The number of nitrogens with one attached hydrogen (secondary N) is 1. The van der Waals surface area contributed by atoms with Gasteiger partial charge in [0.15, 0.2) is 5.82 Å². The molecule has 2 rings (SSSR count). The summed E-state index contributed by atoms with van der Waals surface area (Å²) in [5, 5.41) is 14.1. The van der Waals surface area contributed by atoms with E-state index in [1.807, 2.05) is 0 Å². The molecule has 70 valence electrons. The first kappa shape index (κ1) is 8.41. The standard InChI is InChI=1S/C9H14N4/c1-2-4-6-8(7-5-3-1)9-10-12-13-11-9/h6H,1-5,7H2,(H,10,11,12,13). The number of aromatic amines is 1. The van der Waals surface area contributed by atoms with Gasteiger partial charge >= 0.3 is 0 Å². The quantitative estimate of drug-likeness (QED) is 0.715. The largest absolute Gasteiger partial charge is 0.200 e. The third-order valence-electron chi connectivity index (χ3n) is 2.42. The minimum Gasteiger partial charge on any atom is -0.177 e. The van der Waals surface area contributed by atoms with E-state index >= 15 is 0 Å². The predicted octanol–water partition coefficient (Wildman–Crippen LogP) is 1.94. The number of allylic oxidation sites excluding steroid dienone is 2. The summed E-state index contributed by atoms with van der Waals surface area (Å²) >= 11 is 0. The number of hydrogen-bond acceptors (Lipinski definition) is 3. The molecule has 1 aromatic rings. The van der Waals surface area contributed by atoms with Crippen LogP contribution >= 0.6 is 0 Å². The Bertz CT molecular complexity index is 276. The molecule has 1 aliphatic rings. The van der Waals surface area contributed by atoms with Crippen LogP contribution in [0, 0.1) is 0 Å². The van der Waals surface area contributed by atoms with Gasteiger partial charge in [-0.25, -0.2) is 0 Å². The van der Waals surface area contributed by atoms with Crippen molar-refractivity contribution in [2.24, 2.45) is 0 Å². The van der Waals surface area contributed by atoms with Crippen molar-refractivity contribution >= 4 is 5.57 Å². The maximum atomic E-state index is 4.00. The van der Waals surface area contributed by atoms with E-state index in [0.717, 1.165) is 18.7 Å². The lowest BCUT2D eigenvalue weighted by atomic mass is 10.00. The summed E-state index contributed by atoms with van der Waals surface area (Å²) in [6.45, 7) is 0. The molecule has 4 nitrogen and oxygen atoms in total. The summed E-state index contributed by atoms with van der Waals surface area (Å²) in [6.07, 6.45) is 9.74. The molecule has 1 N–H and O–H groups in total. The Morgan fingerprint density at radius 3 is 2.92 bits per heavy atom. The van der Waals surface area contributed by atoms with Gasteiger partial charge in [-0.3, -0.25) is 0 Å². The fraction of sp³-hybridized carbons (Fsp3) is 0.667. The van der Waals surface area contributed by atoms with E-state index in [1.54, 1.807) is 0 Å². The molecule has 0 amide bonds. The fourth-order valence-electron chi connectivity index (χ4n) is 1.69. The van der Waals surface area contributed by atoms with Crippen LogP contribution in [0.25, 0.3) is 5.57 Å². The molecule has 0 fully saturated rings. The Morgan fingerprint density at radius 1 is 1.15 bits per heavy atom. The molecule has 0 atom stereocenters. The van der Waals surface area contributed by atoms with Crippen LogP contribution < -0.4 is 0 Å². The van der Waals surface area contributed by atoms with E-state index in [2.05, 4.69) is 26.7 Å². The summed E-state index contributed by atoms with van der Waals surface area (Å²) in [4.78, 5) is 0. The van der Waals surface area contributed by atoms with Gasteiger partial charge in [0.05, 0.1) is 0 Å². The maximum absolute atomic E-state index is 4.00. The molecule has 4 heteroatoms. The number of H-pyrrole nitrogens is 1. The van der Waals surface area contributed by atoms with Crippen LogP contribution in [0.2, 0.25) is 0 Å². The molecule has 0 saturated carbocycles. The Labute approximate surface area is 77.4 Å². The summed E-state index contributed by atoms with van der Waals surface area (Å²) in [5.41, 5.74) is 1.26. The molecular weight excluding hydrogens is 164 g/mol. The van der Waals surface area contributed by atoms with E-state index in [1.165, 1.54) is 31.3 Å². The highest BCUT2D eigenvalue weighted by Gasteiger charge is 2.07. The highest BCUT2D eigenvalue weighted by Crippen LogP contribution is 2.22. The van der Waals surface area contributed by atoms with Crippen LogP contribution in [0.1, 0.15) is 44.3 Å². The van der Waals surface area contributed by atoms with Gasteiger partial charge in [-0.15, -0.1) is 10.2 Å². The minimum absolute atomic E-state index is 0.780. The summed E-state index contributed by atoms with van der Waals surface area (Å²) in [7, 11) is 0. The lowest BCUT2D eigenvalue weighted by molar-refractivity contribution is 0.642. The Kier molecular flexibility index (Phi) is 2.69. The van der Waals surface area contributed by atoms with Gasteiger partial charge in [-0.1, -0.05) is 18.9 Å². The average molecular weight is 178 g/mol. The van der Waals surface area contributed by atoms with E-state index in [9.17, 15) is 0 Å². The maximum Gasteiger partial charge on any atom is 0.200 e. The topological polar surface area (TPSA) is 54.5 Å². The molecule has 0 aromatic carbocycles. The van der Waals surface area contributed by atoms with Gasteiger partial charge in [0.1, 0.15) is 0 Å². The Balaban J connectivity index is 2.11. The highest BCUT2D eigenvalue weighted by molar-refractivity contribution is 5.58. The summed E-state index contributed by atoms with van der Waals surface area (Å²) in [5.74, 6) is 0.780. The molecular formula is C9H14N4. The molecule has 0 radical (unpaired) electrons. The zero-order valence-corrected chi connectivity index (χ0v) is 7.66. The van der Waals surface area contributed by atoms with E-state index in [4.69, 9.17) is 0 Å². The van der Waals surface area contributed by atoms with Gasteiger partial charge in [-0.2, -0.15) is 5.21 Å². The van der Waals surface area contributed by atoms with Crippen molar-refractivity contribution in [1.82, 2.24) is 20.6 Å². The van der Waals surface area contributed by atoms with Crippen LogP contribution in [0.3, 0.4) is 0 Å². The van der Waals surface area contributed by atoms with Crippen molar-refractivity contribution in [2.45, 2.75) is 38.5 Å². The molecule has 0 bridgehead atoms. The SMILES string of the molecule is C1=C(c2nn[nH]n2)CCCCCC1. The van der Waals surface area contributed by atoms with Crippen molar-refractivity contribution < 1.29 is 0 Å². The molecule has 0 unspecified atom stereocenters. The number of hydrogen-bond donors (Lipinski definition) is 1. The monoisotopic (exact) mass is 178 g/mol. The second kappa shape index (κ2) is 4.16. The van der Waals surface area contributed by atoms with Crippen LogP contribution in [-0.4, -0.2) is 20.6 Å². The van der Waals surface area contributed by atoms with Gasteiger partial charge in [-0.05, 0) is 36.5 Å². The zero-order valence-electron chi connectivity index (χ0n) is 7.66. The first-order valence-corrected chi connectivity index (χ1v) is 4.89. The lowest BCUT2D eigenvalue weighted by Crippen LogP contribution is -1.92. The number of aromatic nitrogens is 4. The summed E-state index contributed by atoms with van der Waals surface area (Å²) in [6, 6.07) is 0.